The topological polar surface area (TPSA) is 42.9 Å². The fraction of sp³-hybridized carbons (Fsp3) is 0.167. The molecule has 1 aromatic heterocycles. The zero-order valence-electron chi connectivity index (χ0n) is 5.03. The van der Waals surface area contributed by atoms with Crippen LogP contribution in [0.15, 0.2) is 12.4 Å². The van der Waals surface area contributed by atoms with Crippen molar-refractivity contribution >= 4 is 6.29 Å². The predicted octanol–water partition coefficient (Wildman–Crippen LogP) is 0.598. The molecule has 0 N–H and O–H groups in total. The summed E-state index contributed by atoms with van der Waals surface area (Å²) in [5, 5.41) is 0. The van der Waals surface area contributed by atoms with E-state index in [1.807, 2.05) is 0 Å². The van der Waals surface area contributed by atoms with Crippen LogP contribution in [-0.2, 0) is 0 Å². The Morgan fingerprint density at radius 3 is 2.56 bits per heavy atom. The lowest BCUT2D eigenvalue weighted by Crippen LogP contribution is -1.92. The number of carbonyl (C=O) groups excluding carboxylic acids is 1. The molecule has 0 saturated heterocycles. The highest BCUT2D eigenvalue weighted by molar-refractivity contribution is 5.72. The fourth-order valence-corrected chi connectivity index (χ4v) is 0.534. The Bertz CT molecular complexity index is 222. The first-order valence-electron chi connectivity index (χ1n) is 2.57. The number of hydrogen-bond donors (Lipinski definition) is 0. The van der Waals surface area contributed by atoms with Crippen molar-refractivity contribution in [1.29, 1.82) is 0 Å². The van der Waals surface area contributed by atoms with E-state index in [2.05, 4.69) is 9.97 Å². The molecule has 46 valence electrons. The summed E-state index contributed by atoms with van der Waals surface area (Å²) < 4.78 is 0. The summed E-state index contributed by atoms with van der Waals surface area (Å²) in [5.41, 5.74) is 1.09. The normalized spacial score (nSPS) is 9.00. The van der Waals surface area contributed by atoms with Crippen LogP contribution in [0.1, 0.15) is 16.2 Å². The van der Waals surface area contributed by atoms with Crippen LogP contribution < -0.4 is 0 Å². The molecule has 0 fully saturated rings. The van der Waals surface area contributed by atoms with Gasteiger partial charge in [-0.1, -0.05) is 0 Å². The molecule has 0 unspecified atom stereocenters. The molecule has 0 aliphatic carbocycles. The first kappa shape index (κ1) is 5.88. The monoisotopic (exact) mass is 122 g/mol. The number of aryl methyl sites for hydroxylation is 1. The average molecular weight is 122 g/mol. The van der Waals surface area contributed by atoms with Crippen LogP contribution in [0.5, 0.6) is 0 Å². The van der Waals surface area contributed by atoms with Gasteiger partial charge in [0.05, 0.1) is 5.69 Å². The summed E-state index contributed by atoms with van der Waals surface area (Å²) in [6.07, 6.45) is 3.75. The van der Waals surface area contributed by atoms with Gasteiger partial charge in [-0.2, -0.15) is 0 Å². The van der Waals surface area contributed by atoms with Gasteiger partial charge in [0.2, 0.25) is 0 Å². The van der Waals surface area contributed by atoms with Crippen LogP contribution in [0, 0.1) is 6.92 Å². The Morgan fingerprint density at radius 2 is 2.11 bits per heavy atom. The SMILES string of the molecule is Cc1nccnc1C=O. The van der Waals surface area contributed by atoms with Gasteiger partial charge < -0.3 is 0 Å². The molecule has 1 heterocycles. The number of aldehydes is 1. The van der Waals surface area contributed by atoms with Crippen molar-refractivity contribution < 1.29 is 4.79 Å². The molecule has 3 nitrogen and oxygen atoms in total. The highest BCUT2D eigenvalue weighted by atomic mass is 16.1. The molecule has 9 heavy (non-hydrogen) atoms. The van der Waals surface area contributed by atoms with Gasteiger partial charge in [0.15, 0.2) is 6.29 Å². The first-order valence-corrected chi connectivity index (χ1v) is 2.57. The third-order valence-electron chi connectivity index (χ3n) is 1.03. The molecule has 0 aliphatic rings. The molecule has 1 rings (SSSR count). The molecule has 0 aromatic carbocycles. The fourth-order valence-electron chi connectivity index (χ4n) is 0.534. The van der Waals surface area contributed by atoms with Crippen LogP contribution in [0.2, 0.25) is 0 Å². The van der Waals surface area contributed by atoms with Gasteiger partial charge in [-0.05, 0) is 6.92 Å². The van der Waals surface area contributed by atoms with E-state index in [0.717, 1.165) is 0 Å². The molecular formula is C6H6N2O. The molecule has 0 atom stereocenters. The highest BCUT2D eigenvalue weighted by Gasteiger charge is 1.93. The second-order valence-electron chi connectivity index (χ2n) is 1.64. The summed E-state index contributed by atoms with van der Waals surface area (Å²) in [4.78, 5) is 17.7. The highest BCUT2D eigenvalue weighted by Crippen LogP contribution is 1.92. The summed E-state index contributed by atoms with van der Waals surface area (Å²) in [6, 6.07) is 0. The van der Waals surface area contributed by atoms with E-state index in [1.54, 1.807) is 13.1 Å². The van der Waals surface area contributed by atoms with Gasteiger partial charge in [-0.15, -0.1) is 0 Å². The molecule has 0 radical (unpaired) electrons. The second kappa shape index (κ2) is 2.35. The maximum Gasteiger partial charge on any atom is 0.170 e. The maximum absolute atomic E-state index is 10.1. The van der Waals surface area contributed by atoms with Crippen LogP contribution >= 0.6 is 0 Å². The smallest absolute Gasteiger partial charge is 0.170 e. The molecule has 1 aromatic rings. The minimum Gasteiger partial charge on any atom is -0.296 e. The van der Waals surface area contributed by atoms with Gasteiger partial charge in [0.1, 0.15) is 5.69 Å². The molecule has 0 saturated carbocycles. The second-order valence-corrected chi connectivity index (χ2v) is 1.64. The Hall–Kier alpha value is -1.25. The number of hydrogen-bond acceptors (Lipinski definition) is 3. The number of aromatic nitrogens is 2. The first-order chi connectivity index (χ1) is 4.34. The maximum atomic E-state index is 10.1. The molecule has 0 amide bonds. The Morgan fingerprint density at radius 1 is 1.44 bits per heavy atom. The Balaban J connectivity index is 3.15. The van der Waals surface area contributed by atoms with Crippen LogP contribution in [0.3, 0.4) is 0 Å². The zero-order valence-corrected chi connectivity index (χ0v) is 5.03. The average Bonchev–Trinajstić information content (AvgIpc) is 1.89. The third-order valence-corrected chi connectivity index (χ3v) is 1.03. The van der Waals surface area contributed by atoms with Crippen molar-refractivity contribution in [3.63, 3.8) is 0 Å². The zero-order chi connectivity index (χ0) is 6.69. The Kier molecular flexibility index (Phi) is 1.53. The molecular weight excluding hydrogens is 116 g/mol. The van der Waals surface area contributed by atoms with Gasteiger partial charge in [-0.3, -0.25) is 9.78 Å². The van der Waals surface area contributed by atoms with Gasteiger partial charge in [0.25, 0.3) is 0 Å². The molecule has 0 spiro atoms. The Labute approximate surface area is 52.8 Å². The van der Waals surface area contributed by atoms with E-state index in [4.69, 9.17) is 0 Å². The lowest BCUT2D eigenvalue weighted by Gasteiger charge is -1.90. The largest absolute Gasteiger partial charge is 0.296 e. The summed E-state index contributed by atoms with van der Waals surface area (Å²) in [6.45, 7) is 1.75. The quantitative estimate of drug-likeness (QED) is 0.512. The van der Waals surface area contributed by atoms with E-state index in [9.17, 15) is 4.79 Å². The van der Waals surface area contributed by atoms with E-state index < -0.39 is 0 Å². The van der Waals surface area contributed by atoms with Crippen molar-refractivity contribution in [2.24, 2.45) is 0 Å². The summed E-state index contributed by atoms with van der Waals surface area (Å²) >= 11 is 0. The van der Waals surface area contributed by atoms with Crippen LogP contribution in [-0.4, -0.2) is 16.3 Å². The van der Waals surface area contributed by atoms with E-state index >= 15 is 0 Å². The predicted molar refractivity (Wildman–Crippen MR) is 32.2 cm³/mol. The van der Waals surface area contributed by atoms with Crippen molar-refractivity contribution in [2.45, 2.75) is 6.92 Å². The minimum absolute atomic E-state index is 0.414. The van der Waals surface area contributed by atoms with Crippen LogP contribution in [0.4, 0.5) is 0 Å². The van der Waals surface area contributed by atoms with E-state index in [1.165, 1.54) is 6.20 Å². The lowest BCUT2D eigenvalue weighted by molar-refractivity contribution is 0.111. The number of carbonyl (C=O) groups is 1. The molecule has 3 heteroatoms. The summed E-state index contributed by atoms with van der Waals surface area (Å²) in [5.74, 6) is 0. The minimum atomic E-state index is 0.414. The van der Waals surface area contributed by atoms with Crippen molar-refractivity contribution in [3.05, 3.63) is 23.8 Å². The van der Waals surface area contributed by atoms with Crippen molar-refractivity contribution in [1.82, 2.24) is 9.97 Å². The third kappa shape index (κ3) is 1.10. The lowest BCUT2D eigenvalue weighted by atomic mass is 10.3. The summed E-state index contributed by atoms with van der Waals surface area (Å²) in [7, 11) is 0. The van der Waals surface area contributed by atoms with Gasteiger partial charge >= 0.3 is 0 Å². The number of rotatable bonds is 1. The van der Waals surface area contributed by atoms with Crippen molar-refractivity contribution in [3.8, 4) is 0 Å². The van der Waals surface area contributed by atoms with Crippen LogP contribution in [0.25, 0.3) is 0 Å². The molecule has 0 aliphatic heterocycles. The molecule has 0 bridgehead atoms. The van der Waals surface area contributed by atoms with Gasteiger partial charge in [0, 0.05) is 12.4 Å². The van der Waals surface area contributed by atoms with E-state index in [0.29, 0.717) is 17.7 Å². The van der Waals surface area contributed by atoms with Gasteiger partial charge in [-0.25, -0.2) is 4.98 Å². The standard InChI is InChI=1S/C6H6N2O/c1-5-6(4-9)8-3-2-7-5/h2-4H,1H3. The van der Waals surface area contributed by atoms with Crippen molar-refractivity contribution in [2.75, 3.05) is 0 Å². The number of nitrogens with zero attached hydrogens (tertiary/aromatic N) is 2. The van der Waals surface area contributed by atoms with E-state index in [-0.39, 0.29) is 0 Å².